The Kier molecular flexibility index (Phi) is 7.81. The van der Waals surface area contributed by atoms with Crippen LogP contribution in [0.5, 0.6) is 0 Å². The van der Waals surface area contributed by atoms with Gasteiger partial charge in [0.2, 0.25) is 5.91 Å². The predicted octanol–water partition coefficient (Wildman–Crippen LogP) is 6.65. The summed E-state index contributed by atoms with van der Waals surface area (Å²) < 4.78 is 56.3. The van der Waals surface area contributed by atoms with Crippen LogP contribution in [0.15, 0.2) is 79.0 Å². The molecule has 1 amide bonds. The maximum absolute atomic E-state index is 14.1. The summed E-state index contributed by atoms with van der Waals surface area (Å²) in [4.78, 5) is 19.2. The molecule has 0 bridgehead atoms. The van der Waals surface area contributed by atoms with E-state index in [0.29, 0.717) is 10.8 Å². The van der Waals surface area contributed by atoms with E-state index >= 15 is 0 Å². The first-order valence-electron chi connectivity index (χ1n) is 12.9. The Bertz CT molecular complexity index is 1590. The number of thiocarbonyl (C=S) groups is 1. The van der Waals surface area contributed by atoms with E-state index in [1.165, 1.54) is 24.3 Å². The monoisotopic (exact) mass is 581 g/mol. The molecule has 3 heterocycles. The van der Waals surface area contributed by atoms with Gasteiger partial charge in [-0.2, -0.15) is 13.2 Å². The summed E-state index contributed by atoms with van der Waals surface area (Å²) in [6.45, 7) is 3.90. The highest BCUT2D eigenvalue weighted by Crippen LogP contribution is 2.42. The van der Waals surface area contributed by atoms with Gasteiger partial charge in [0.05, 0.1) is 29.0 Å². The molecule has 1 saturated heterocycles. The molecule has 2 atom stereocenters. The number of benzene rings is 2. The highest BCUT2D eigenvalue weighted by molar-refractivity contribution is 7.80. The topological polar surface area (TPSA) is 62.2 Å². The number of anilines is 1. The molecule has 1 aliphatic heterocycles. The normalized spacial score (nSPS) is 17.0. The van der Waals surface area contributed by atoms with Crippen molar-refractivity contribution in [1.82, 2.24) is 19.8 Å². The fraction of sp³-hybridized carbons (Fsp3) is 0.233. The Hall–Kier alpha value is -4.25. The molecule has 5 rings (SSSR count). The molecule has 1 aliphatic rings. The summed E-state index contributed by atoms with van der Waals surface area (Å²) in [5.41, 5.74) is 2.78. The second-order valence-corrected chi connectivity index (χ2v) is 10.2. The van der Waals surface area contributed by atoms with Gasteiger partial charge in [-0.25, -0.2) is 4.39 Å². The highest BCUT2D eigenvalue weighted by Gasteiger charge is 2.41. The molecule has 2 N–H and O–H groups in total. The van der Waals surface area contributed by atoms with Crippen molar-refractivity contribution in [2.75, 3.05) is 11.9 Å². The van der Waals surface area contributed by atoms with Crippen molar-refractivity contribution in [3.63, 3.8) is 0 Å². The lowest BCUT2D eigenvalue weighted by molar-refractivity contribution is -0.137. The number of para-hydroxylation sites is 1. The summed E-state index contributed by atoms with van der Waals surface area (Å²) in [7, 11) is 0. The van der Waals surface area contributed by atoms with Gasteiger partial charge < -0.3 is 20.1 Å². The number of alkyl halides is 3. The average Bonchev–Trinajstić information content (AvgIpc) is 3.43. The zero-order valence-electron chi connectivity index (χ0n) is 22.2. The quantitative estimate of drug-likeness (QED) is 0.189. The van der Waals surface area contributed by atoms with E-state index in [9.17, 15) is 22.4 Å². The van der Waals surface area contributed by atoms with Gasteiger partial charge in [-0.3, -0.25) is 9.78 Å². The van der Waals surface area contributed by atoms with Gasteiger partial charge in [-0.15, -0.1) is 0 Å². The maximum Gasteiger partial charge on any atom is 0.416 e. The fourth-order valence-corrected chi connectivity index (χ4v) is 5.62. The van der Waals surface area contributed by atoms with Crippen LogP contribution in [0.4, 0.5) is 23.2 Å². The number of carbonyl (C=O) groups is 1. The van der Waals surface area contributed by atoms with Crippen molar-refractivity contribution in [2.45, 2.75) is 38.5 Å². The number of aryl methyl sites for hydroxylation is 1. The molecule has 41 heavy (non-hydrogen) atoms. The third-order valence-electron chi connectivity index (χ3n) is 7.15. The second kappa shape index (κ2) is 11.3. The van der Waals surface area contributed by atoms with Crippen LogP contribution >= 0.6 is 12.2 Å². The zero-order valence-corrected chi connectivity index (χ0v) is 23.1. The van der Waals surface area contributed by atoms with E-state index in [2.05, 4.69) is 15.6 Å². The van der Waals surface area contributed by atoms with Crippen molar-refractivity contribution in [3.8, 4) is 5.69 Å². The Balaban J connectivity index is 1.49. The van der Waals surface area contributed by atoms with E-state index < -0.39 is 23.6 Å². The molecule has 2 aromatic heterocycles. The second-order valence-electron chi connectivity index (χ2n) is 9.81. The van der Waals surface area contributed by atoms with E-state index in [1.54, 1.807) is 29.0 Å². The lowest BCUT2D eigenvalue weighted by Gasteiger charge is -2.28. The van der Waals surface area contributed by atoms with Crippen molar-refractivity contribution in [3.05, 3.63) is 113 Å². The van der Waals surface area contributed by atoms with E-state index in [0.717, 1.165) is 34.8 Å². The minimum atomic E-state index is -4.47. The third kappa shape index (κ3) is 5.81. The smallest absolute Gasteiger partial charge is 0.352 e. The largest absolute Gasteiger partial charge is 0.416 e. The molecule has 212 valence electrons. The Morgan fingerprint density at radius 3 is 2.51 bits per heavy atom. The number of hydrogen-bond donors (Lipinski definition) is 2. The van der Waals surface area contributed by atoms with Gasteiger partial charge in [0.15, 0.2) is 5.11 Å². The van der Waals surface area contributed by atoms with Crippen molar-refractivity contribution < 1.29 is 22.4 Å². The fourth-order valence-electron chi connectivity index (χ4n) is 5.29. The molecule has 4 aromatic rings. The van der Waals surface area contributed by atoms with Crippen LogP contribution < -0.4 is 10.6 Å². The molecule has 0 aliphatic carbocycles. The van der Waals surface area contributed by atoms with Gasteiger partial charge in [-0.05, 0) is 80.2 Å². The summed E-state index contributed by atoms with van der Waals surface area (Å²) >= 11 is 5.70. The lowest BCUT2D eigenvalue weighted by atomic mass is 9.96. The van der Waals surface area contributed by atoms with E-state index in [1.807, 2.05) is 36.9 Å². The minimum Gasteiger partial charge on any atom is -0.352 e. The molecule has 11 heteroatoms. The molecule has 0 saturated carbocycles. The molecule has 1 fully saturated rings. The first-order chi connectivity index (χ1) is 19.5. The highest BCUT2D eigenvalue weighted by atomic mass is 32.1. The van der Waals surface area contributed by atoms with Crippen LogP contribution in [0.25, 0.3) is 5.69 Å². The van der Waals surface area contributed by atoms with Crippen LogP contribution in [0.3, 0.4) is 0 Å². The summed E-state index contributed by atoms with van der Waals surface area (Å²) in [5, 5.41) is 6.33. The standard InChI is InChI=1S/C30H27F4N5OS/c1-18-16-22(19(2)39(18)21-9-7-8-20(17-21)30(32,33)34)28-27(25-12-5-6-14-35-25)37-29(41)38(28)15-13-26(40)36-24-11-4-3-10-23(24)31/h3-12,14,16-17,27-28H,13,15H2,1-2H3,(H,36,40)(H,37,41)/t27-,28-/m1/s1. The van der Waals surface area contributed by atoms with E-state index in [-0.39, 0.29) is 30.6 Å². The molecule has 0 spiro atoms. The predicted molar refractivity (Wildman–Crippen MR) is 152 cm³/mol. The first kappa shape index (κ1) is 28.3. The lowest BCUT2D eigenvalue weighted by Crippen LogP contribution is -2.33. The minimum absolute atomic E-state index is 0.0218. The number of amides is 1. The number of nitrogens with zero attached hydrogens (tertiary/aromatic N) is 3. The van der Waals surface area contributed by atoms with Gasteiger partial charge >= 0.3 is 6.18 Å². The first-order valence-corrected chi connectivity index (χ1v) is 13.3. The van der Waals surface area contributed by atoms with Crippen LogP contribution in [0, 0.1) is 19.7 Å². The number of carbonyl (C=O) groups excluding carboxylic acids is 1. The van der Waals surface area contributed by atoms with Gasteiger partial charge in [0.1, 0.15) is 5.82 Å². The summed E-state index contributed by atoms with van der Waals surface area (Å²) in [6, 6.07) is 17.8. The molecule has 6 nitrogen and oxygen atoms in total. The number of halogens is 4. The average molecular weight is 582 g/mol. The number of rotatable bonds is 7. The molecular formula is C30H27F4N5OS. The number of aromatic nitrogens is 2. The van der Waals surface area contributed by atoms with Crippen molar-refractivity contribution >= 4 is 28.9 Å². The molecule has 0 unspecified atom stereocenters. The van der Waals surface area contributed by atoms with Crippen LogP contribution in [-0.4, -0.2) is 32.0 Å². The Morgan fingerprint density at radius 2 is 1.80 bits per heavy atom. The van der Waals surface area contributed by atoms with Crippen molar-refractivity contribution in [2.24, 2.45) is 0 Å². The van der Waals surface area contributed by atoms with Gasteiger partial charge in [0, 0.05) is 36.2 Å². The Labute approximate surface area is 240 Å². The summed E-state index contributed by atoms with van der Waals surface area (Å²) in [6.07, 6.45) is -2.78. The third-order valence-corrected chi connectivity index (χ3v) is 7.50. The number of hydrogen-bond acceptors (Lipinski definition) is 3. The molecule has 2 aromatic carbocycles. The summed E-state index contributed by atoms with van der Waals surface area (Å²) in [5.74, 6) is -0.915. The van der Waals surface area contributed by atoms with Gasteiger partial charge in [0.25, 0.3) is 0 Å². The Morgan fingerprint density at radius 1 is 1.05 bits per heavy atom. The maximum atomic E-state index is 14.1. The van der Waals surface area contributed by atoms with Gasteiger partial charge in [-0.1, -0.05) is 24.3 Å². The number of nitrogens with one attached hydrogen (secondary N) is 2. The van der Waals surface area contributed by atoms with Crippen LogP contribution in [0.1, 0.15) is 46.7 Å². The van der Waals surface area contributed by atoms with E-state index in [4.69, 9.17) is 12.2 Å². The molecule has 0 radical (unpaired) electrons. The van der Waals surface area contributed by atoms with Crippen molar-refractivity contribution in [1.29, 1.82) is 0 Å². The number of pyridine rings is 1. The SMILES string of the molecule is Cc1cc([C@@H]2[C@@H](c3ccccn3)NC(=S)N2CCC(=O)Nc2ccccc2F)c(C)n1-c1cccc(C(F)(F)F)c1. The molecular weight excluding hydrogens is 554 g/mol. The zero-order chi connectivity index (χ0) is 29.3. The van der Waals surface area contributed by atoms with Crippen LogP contribution in [0.2, 0.25) is 0 Å². The van der Waals surface area contributed by atoms with Crippen LogP contribution in [-0.2, 0) is 11.0 Å².